The largest absolute Gasteiger partial charge is 0.354 e. The molecule has 55 heavy (non-hydrogen) atoms. The minimum absolute atomic E-state index is 0.737. The fraction of sp³-hybridized carbons (Fsp3) is 0.120. The first-order valence-electron chi connectivity index (χ1n) is 18.9. The molecule has 0 spiro atoms. The topological polar surface area (TPSA) is 57.4 Å². The second kappa shape index (κ2) is 13.4. The number of fused-ring (bicyclic) bond motifs is 8. The van der Waals surface area contributed by atoms with E-state index in [9.17, 15) is 0 Å². The molecule has 0 saturated heterocycles. The molecule has 4 aromatic carbocycles. The predicted molar refractivity (Wildman–Crippen MR) is 234 cm³/mol. The third-order valence-corrected chi connectivity index (χ3v) is 10.7. The van der Waals surface area contributed by atoms with Crippen LogP contribution in [0, 0.1) is 20.8 Å². The normalized spacial score (nSPS) is 12.4. The van der Waals surface area contributed by atoms with Gasteiger partial charge < -0.3 is 9.97 Å². The second-order valence-electron chi connectivity index (χ2n) is 15.7. The van der Waals surface area contributed by atoms with Crippen LogP contribution in [-0.2, 0) is 0 Å². The average molecular weight is 715 g/mol. The molecular formula is C50H44N5+. The lowest BCUT2D eigenvalue weighted by Crippen LogP contribution is -2.34. The fourth-order valence-electron chi connectivity index (χ4n) is 7.66. The molecule has 5 heterocycles. The molecular weight excluding hydrogens is 671 g/mol. The number of aromatic amines is 2. The van der Waals surface area contributed by atoms with Crippen LogP contribution < -0.4 is 4.48 Å². The van der Waals surface area contributed by atoms with Gasteiger partial charge in [0, 0.05) is 44.3 Å². The number of aryl methyl sites for hydroxylation is 3. The summed E-state index contributed by atoms with van der Waals surface area (Å²) < 4.78 is 0.737. The summed E-state index contributed by atoms with van der Waals surface area (Å²) in [6.07, 6.45) is 8.63. The Morgan fingerprint density at radius 1 is 0.345 bits per heavy atom. The van der Waals surface area contributed by atoms with Gasteiger partial charge in [0.1, 0.15) is 5.69 Å². The summed E-state index contributed by atoms with van der Waals surface area (Å²) in [5.74, 6) is 0. The minimum Gasteiger partial charge on any atom is -0.354 e. The number of H-pyrrole nitrogens is 2. The lowest BCUT2D eigenvalue weighted by atomic mass is 10.0. The van der Waals surface area contributed by atoms with Crippen LogP contribution in [-0.4, -0.2) is 41.1 Å². The summed E-state index contributed by atoms with van der Waals surface area (Å²) in [5.41, 5.74) is 21.1. The minimum atomic E-state index is 0.737. The highest BCUT2D eigenvalue weighted by Gasteiger charge is 2.20. The molecule has 0 fully saturated rings. The molecule has 0 aliphatic carbocycles. The molecule has 0 amide bonds. The van der Waals surface area contributed by atoms with Crippen molar-refractivity contribution < 1.29 is 0 Å². The van der Waals surface area contributed by atoms with Gasteiger partial charge >= 0.3 is 0 Å². The summed E-state index contributed by atoms with van der Waals surface area (Å²) in [6, 6.07) is 43.8. The molecule has 9 rings (SSSR count). The highest BCUT2D eigenvalue weighted by atomic mass is 15.3. The number of hydrogen-bond donors (Lipinski definition) is 2. The van der Waals surface area contributed by atoms with Crippen LogP contribution in [0.15, 0.2) is 121 Å². The lowest BCUT2D eigenvalue weighted by Gasteiger charge is -2.23. The highest BCUT2D eigenvalue weighted by molar-refractivity contribution is 5.99. The second-order valence-corrected chi connectivity index (χ2v) is 15.7. The molecule has 7 aromatic rings. The average Bonchev–Trinajstić information content (AvgIpc) is 4.01. The number of aromatic nitrogens is 4. The lowest BCUT2D eigenvalue weighted by molar-refractivity contribution is 0.486. The Labute approximate surface area is 322 Å². The van der Waals surface area contributed by atoms with E-state index in [1.165, 1.54) is 22.4 Å². The van der Waals surface area contributed by atoms with Gasteiger partial charge in [-0.1, -0.05) is 89.5 Å². The van der Waals surface area contributed by atoms with E-state index in [1.54, 1.807) is 0 Å². The van der Waals surface area contributed by atoms with Crippen molar-refractivity contribution in [3.8, 4) is 44.5 Å². The quantitative estimate of drug-likeness (QED) is 0.174. The molecule has 2 N–H and O–H groups in total. The number of benzene rings is 4. The maximum absolute atomic E-state index is 5.46. The van der Waals surface area contributed by atoms with Gasteiger partial charge in [0.25, 0.3) is 0 Å². The van der Waals surface area contributed by atoms with Crippen LogP contribution in [0.3, 0.4) is 0 Å². The van der Waals surface area contributed by atoms with Crippen molar-refractivity contribution >= 4 is 52.1 Å². The summed E-state index contributed by atoms with van der Waals surface area (Å²) in [4.78, 5) is 18.6. The monoisotopic (exact) mass is 714 g/mol. The zero-order chi connectivity index (χ0) is 37.8. The molecule has 5 heteroatoms. The van der Waals surface area contributed by atoms with Crippen molar-refractivity contribution in [1.29, 1.82) is 0 Å². The van der Waals surface area contributed by atoms with Crippen LogP contribution in [0.1, 0.15) is 39.5 Å². The maximum Gasteiger partial charge on any atom is 0.132 e. The Kier molecular flexibility index (Phi) is 8.33. The van der Waals surface area contributed by atoms with Gasteiger partial charge in [-0.05, 0) is 116 Å². The van der Waals surface area contributed by atoms with E-state index < -0.39 is 0 Å². The zero-order valence-electron chi connectivity index (χ0n) is 32.2. The number of nitrogens with one attached hydrogen (secondary N) is 2. The number of hydrogen-bond acceptors (Lipinski definition) is 2. The summed E-state index contributed by atoms with van der Waals surface area (Å²) in [7, 11) is 6.58. The van der Waals surface area contributed by atoms with Crippen molar-refractivity contribution in [1.82, 2.24) is 24.4 Å². The Bertz CT molecular complexity index is 2780. The first kappa shape index (κ1) is 34.2. The Morgan fingerprint density at radius 3 is 0.855 bits per heavy atom. The number of quaternary nitrogens is 1. The van der Waals surface area contributed by atoms with Crippen molar-refractivity contribution in [2.75, 3.05) is 21.1 Å². The van der Waals surface area contributed by atoms with E-state index in [0.717, 1.165) is 93.8 Å². The summed E-state index contributed by atoms with van der Waals surface area (Å²) in [6.45, 7) is 6.38. The van der Waals surface area contributed by atoms with E-state index in [-0.39, 0.29) is 0 Å². The molecule has 8 bridgehead atoms. The van der Waals surface area contributed by atoms with E-state index >= 15 is 0 Å². The number of rotatable bonds is 5. The Balaban J connectivity index is 1.45. The van der Waals surface area contributed by atoms with Crippen molar-refractivity contribution in [2.24, 2.45) is 0 Å². The van der Waals surface area contributed by atoms with Gasteiger partial charge in [0.05, 0.1) is 43.9 Å². The van der Waals surface area contributed by atoms with Gasteiger partial charge in [-0.2, -0.15) is 0 Å². The summed E-state index contributed by atoms with van der Waals surface area (Å²) >= 11 is 0. The first-order chi connectivity index (χ1) is 26.6. The fourth-order valence-corrected chi connectivity index (χ4v) is 7.66. The number of nitrogens with zero attached hydrogens (tertiary/aromatic N) is 3. The SMILES string of the molecule is Cc1ccc(-c2c3nc(c(-c4ccc(C)cc4)c4ccc([nH]4)c(-c4ccc([N+](C)(C)C)cc4)c4nc(c(-c5ccc(C)cc5)c5ccc2[nH]5)C=C4)C=C3)cc1. The molecule has 0 unspecified atom stereocenters. The molecule has 2 aliphatic heterocycles. The third kappa shape index (κ3) is 6.43. The summed E-state index contributed by atoms with van der Waals surface area (Å²) in [5, 5.41) is 0. The molecule has 5 nitrogen and oxygen atoms in total. The predicted octanol–water partition coefficient (Wildman–Crippen LogP) is 12.4. The van der Waals surface area contributed by atoms with Crippen LogP contribution in [0.25, 0.3) is 90.9 Å². The Hall–Kier alpha value is -6.56. The Morgan fingerprint density at radius 2 is 0.600 bits per heavy atom. The van der Waals surface area contributed by atoms with E-state index in [4.69, 9.17) is 9.97 Å². The first-order valence-corrected chi connectivity index (χ1v) is 18.9. The third-order valence-electron chi connectivity index (χ3n) is 10.7. The molecule has 3 aromatic heterocycles. The highest BCUT2D eigenvalue weighted by Crippen LogP contribution is 2.39. The van der Waals surface area contributed by atoms with Crippen molar-refractivity contribution in [3.05, 3.63) is 161 Å². The standard InChI is InChI=1S/C50H44N5/c1-31-7-13-34(14-8-31)47-39-23-25-41(51-39)48(35-15-9-32(2)10-16-35)43-27-29-45(53-43)50(37-19-21-38(22-20-37)55(4,5)6)46-30-28-44(54-46)49(42-26-24-40(47)52-42)36-17-11-33(3)12-18-36/h7-30,51,54H,1-6H3/q+1. The van der Waals surface area contributed by atoms with E-state index in [1.807, 2.05) is 0 Å². The molecule has 268 valence electrons. The van der Waals surface area contributed by atoms with E-state index in [0.29, 0.717) is 0 Å². The van der Waals surface area contributed by atoms with Gasteiger partial charge in [0.15, 0.2) is 0 Å². The van der Waals surface area contributed by atoms with Crippen LogP contribution in [0.4, 0.5) is 5.69 Å². The maximum atomic E-state index is 5.46. The molecule has 0 radical (unpaired) electrons. The smallest absolute Gasteiger partial charge is 0.132 e. The van der Waals surface area contributed by atoms with Crippen molar-refractivity contribution in [2.45, 2.75) is 20.8 Å². The van der Waals surface area contributed by atoms with Gasteiger partial charge in [-0.25, -0.2) is 9.97 Å². The van der Waals surface area contributed by atoms with Crippen LogP contribution in [0.5, 0.6) is 0 Å². The van der Waals surface area contributed by atoms with Gasteiger partial charge in [-0.3, -0.25) is 4.48 Å². The molecule has 0 saturated carbocycles. The van der Waals surface area contributed by atoms with Gasteiger partial charge in [-0.15, -0.1) is 0 Å². The van der Waals surface area contributed by atoms with E-state index in [2.05, 4.69) is 198 Å². The van der Waals surface area contributed by atoms with Gasteiger partial charge in [0.2, 0.25) is 0 Å². The van der Waals surface area contributed by atoms with Crippen molar-refractivity contribution in [3.63, 3.8) is 0 Å². The zero-order valence-corrected chi connectivity index (χ0v) is 32.2. The van der Waals surface area contributed by atoms with Crippen LogP contribution in [0.2, 0.25) is 0 Å². The van der Waals surface area contributed by atoms with Crippen LogP contribution >= 0.6 is 0 Å². The molecule has 0 atom stereocenters. The molecule has 2 aliphatic rings.